The number of likely N-dealkylation sites (tertiary alicyclic amines) is 1. The van der Waals surface area contributed by atoms with Gasteiger partial charge in [0.15, 0.2) is 6.23 Å². The van der Waals surface area contributed by atoms with Crippen LogP contribution in [0, 0.1) is 5.41 Å². The number of hydrogen-bond acceptors (Lipinski definition) is 7. The number of carbonyl (C=O) groups is 1. The predicted octanol–water partition coefficient (Wildman–Crippen LogP) is 2.50. The molecular weight excluding hydrogens is 452 g/mol. The van der Waals surface area contributed by atoms with Gasteiger partial charge in [0.2, 0.25) is 5.91 Å². The van der Waals surface area contributed by atoms with Crippen LogP contribution in [-0.2, 0) is 16.0 Å². The van der Waals surface area contributed by atoms with Crippen molar-refractivity contribution in [2.24, 2.45) is 10.5 Å². The van der Waals surface area contributed by atoms with Crippen molar-refractivity contribution in [1.29, 1.82) is 0 Å². The molecule has 36 heavy (non-hydrogen) atoms. The number of rotatable bonds is 3. The third-order valence-electron chi connectivity index (χ3n) is 9.42. The number of hydrazone groups is 1. The minimum atomic E-state index is -0.123. The van der Waals surface area contributed by atoms with Gasteiger partial charge >= 0.3 is 0 Å². The Bertz CT molecular complexity index is 1120. The van der Waals surface area contributed by atoms with E-state index in [1.807, 2.05) is 9.91 Å². The molecule has 7 rings (SSSR count). The third kappa shape index (κ3) is 3.80. The number of benzene rings is 1. The molecule has 6 aliphatic rings. The molecule has 192 valence electrons. The van der Waals surface area contributed by atoms with Gasteiger partial charge in [0.1, 0.15) is 18.5 Å². The first-order chi connectivity index (χ1) is 17.5. The van der Waals surface area contributed by atoms with E-state index in [9.17, 15) is 4.79 Å². The number of nitrogens with zero attached hydrogens (tertiary/aromatic N) is 6. The minimum Gasteiger partial charge on any atom is -0.369 e. The summed E-state index contributed by atoms with van der Waals surface area (Å²) in [6.45, 7) is 9.53. The van der Waals surface area contributed by atoms with Gasteiger partial charge in [-0.15, -0.1) is 0 Å². The van der Waals surface area contributed by atoms with Gasteiger partial charge in [0.25, 0.3) is 0 Å². The van der Waals surface area contributed by atoms with Crippen LogP contribution in [0.3, 0.4) is 0 Å². The van der Waals surface area contributed by atoms with Gasteiger partial charge in [0, 0.05) is 62.8 Å². The van der Waals surface area contributed by atoms with Gasteiger partial charge in [-0.1, -0.05) is 12.5 Å². The van der Waals surface area contributed by atoms with Crippen LogP contribution in [0.2, 0.25) is 0 Å². The van der Waals surface area contributed by atoms with E-state index in [0.717, 1.165) is 63.8 Å². The van der Waals surface area contributed by atoms with Crippen molar-refractivity contribution >= 4 is 23.1 Å². The predicted molar refractivity (Wildman–Crippen MR) is 141 cm³/mol. The highest BCUT2D eigenvalue weighted by atomic mass is 16.6. The summed E-state index contributed by atoms with van der Waals surface area (Å²) in [5, 5.41) is 6.95. The monoisotopic (exact) mass is 490 g/mol. The zero-order valence-corrected chi connectivity index (χ0v) is 21.7. The lowest BCUT2D eigenvalue weighted by Crippen LogP contribution is -2.44. The molecule has 0 aromatic heterocycles. The summed E-state index contributed by atoms with van der Waals surface area (Å²) < 4.78 is 5.96. The van der Waals surface area contributed by atoms with Crippen LogP contribution in [-0.4, -0.2) is 98.3 Å². The molecule has 8 heteroatoms. The fourth-order valence-corrected chi connectivity index (χ4v) is 6.90. The van der Waals surface area contributed by atoms with Gasteiger partial charge in [-0.25, -0.2) is 0 Å². The highest BCUT2D eigenvalue weighted by Crippen LogP contribution is 2.48. The van der Waals surface area contributed by atoms with Crippen molar-refractivity contribution in [1.82, 2.24) is 14.8 Å². The number of likely N-dealkylation sites (N-methyl/N-ethyl adjacent to an activating group) is 1. The maximum atomic E-state index is 13.7. The lowest BCUT2D eigenvalue weighted by Gasteiger charge is -2.38. The lowest BCUT2D eigenvalue weighted by molar-refractivity contribution is -0.120. The Morgan fingerprint density at radius 3 is 2.61 bits per heavy atom. The Hall–Kier alpha value is -2.58. The zero-order chi connectivity index (χ0) is 24.4. The van der Waals surface area contributed by atoms with Crippen molar-refractivity contribution < 1.29 is 9.53 Å². The number of fused-ring (bicyclic) bond motifs is 2. The molecule has 1 aliphatic carbocycles. The maximum absolute atomic E-state index is 13.7. The summed E-state index contributed by atoms with van der Waals surface area (Å²) in [4.78, 5) is 22.9. The summed E-state index contributed by atoms with van der Waals surface area (Å²) in [7, 11) is 2.18. The van der Waals surface area contributed by atoms with Crippen LogP contribution in [0.5, 0.6) is 0 Å². The number of piperazine rings is 1. The SMILES string of the molecule is CC1=CC(N2CCC3(CCC3)C2)=NN(CC(=O)N2CCc3c(N4CCN(C)CC4)cccc32)C2OC12. The highest BCUT2D eigenvalue weighted by Gasteiger charge is 2.49. The average Bonchev–Trinajstić information content (AvgIpc) is 3.35. The maximum Gasteiger partial charge on any atom is 0.248 e. The van der Waals surface area contributed by atoms with Crippen LogP contribution in [0.25, 0.3) is 0 Å². The van der Waals surface area contributed by atoms with Crippen LogP contribution in [0.15, 0.2) is 34.9 Å². The van der Waals surface area contributed by atoms with E-state index in [1.165, 1.54) is 42.5 Å². The molecule has 8 nitrogen and oxygen atoms in total. The molecule has 1 amide bonds. The molecule has 1 aromatic carbocycles. The first-order valence-corrected chi connectivity index (χ1v) is 13.8. The van der Waals surface area contributed by atoms with Crippen LogP contribution in [0.4, 0.5) is 11.4 Å². The molecule has 0 bridgehead atoms. The van der Waals surface area contributed by atoms with Crippen LogP contribution in [0.1, 0.15) is 38.2 Å². The smallest absolute Gasteiger partial charge is 0.248 e. The van der Waals surface area contributed by atoms with E-state index >= 15 is 0 Å². The van der Waals surface area contributed by atoms with E-state index < -0.39 is 0 Å². The van der Waals surface area contributed by atoms with Crippen molar-refractivity contribution in [2.75, 3.05) is 69.2 Å². The summed E-state index contributed by atoms with van der Waals surface area (Å²) >= 11 is 0. The lowest BCUT2D eigenvalue weighted by atomic mass is 9.68. The molecule has 3 saturated heterocycles. The number of ether oxygens (including phenoxy) is 1. The summed E-state index contributed by atoms with van der Waals surface area (Å²) in [6.07, 6.45) is 8.36. The molecular formula is C28H38N6O2. The van der Waals surface area contributed by atoms with Crippen molar-refractivity contribution in [3.8, 4) is 0 Å². The Morgan fingerprint density at radius 2 is 1.86 bits per heavy atom. The number of amidine groups is 1. The van der Waals surface area contributed by atoms with Crippen molar-refractivity contribution in [3.63, 3.8) is 0 Å². The standard InChI is InChI=1S/C28H38N6O2/c1-20-17-24(32-12-10-28(19-32)8-4-9-28)29-34(27-26(20)36-27)18-25(35)33-11-7-21-22(5-3-6-23(21)33)31-15-13-30(2)14-16-31/h3,5-6,17,26-27H,4,7-16,18-19H2,1-2H3. The van der Waals surface area contributed by atoms with E-state index in [-0.39, 0.29) is 24.8 Å². The van der Waals surface area contributed by atoms with Gasteiger partial charge in [-0.3, -0.25) is 9.80 Å². The zero-order valence-electron chi connectivity index (χ0n) is 21.7. The fraction of sp³-hybridized carbons (Fsp3) is 0.643. The van der Waals surface area contributed by atoms with E-state index in [0.29, 0.717) is 5.41 Å². The fourth-order valence-electron chi connectivity index (χ4n) is 6.90. The number of hydrogen-bond donors (Lipinski definition) is 0. The van der Waals surface area contributed by atoms with E-state index in [2.05, 4.69) is 52.9 Å². The molecule has 1 aromatic rings. The summed E-state index contributed by atoms with van der Waals surface area (Å²) in [5.41, 5.74) is 5.42. The largest absolute Gasteiger partial charge is 0.369 e. The minimum absolute atomic E-state index is 0.0500. The second kappa shape index (κ2) is 8.48. The van der Waals surface area contributed by atoms with E-state index in [4.69, 9.17) is 9.84 Å². The van der Waals surface area contributed by atoms with E-state index in [1.54, 1.807) is 0 Å². The topological polar surface area (TPSA) is 58.2 Å². The Labute approximate surface area is 214 Å². The number of epoxide rings is 1. The summed E-state index contributed by atoms with van der Waals surface area (Å²) in [6, 6.07) is 6.45. The normalized spacial score (nSPS) is 28.9. The number of amides is 1. The Morgan fingerprint density at radius 1 is 1.06 bits per heavy atom. The number of anilines is 2. The molecule has 1 saturated carbocycles. The molecule has 0 N–H and O–H groups in total. The molecule has 5 heterocycles. The molecule has 4 fully saturated rings. The molecule has 5 aliphatic heterocycles. The van der Waals surface area contributed by atoms with Gasteiger partial charge < -0.3 is 24.3 Å². The Balaban J connectivity index is 1.09. The average molecular weight is 491 g/mol. The van der Waals surface area contributed by atoms with Gasteiger partial charge in [0.05, 0.1) is 0 Å². The third-order valence-corrected chi connectivity index (χ3v) is 9.42. The summed E-state index contributed by atoms with van der Waals surface area (Å²) in [5.74, 6) is 1.12. The second-order valence-electron chi connectivity index (χ2n) is 11.8. The Kier molecular flexibility index (Phi) is 5.33. The number of carbonyl (C=O) groups excluding carboxylic acids is 1. The molecule has 2 atom stereocenters. The quantitative estimate of drug-likeness (QED) is 0.607. The molecule has 1 spiro atoms. The first-order valence-electron chi connectivity index (χ1n) is 13.8. The van der Waals surface area contributed by atoms with Crippen LogP contribution < -0.4 is 9.80 Å². The molecule has 0 radical (unpaired) electrons. The second-order valence-corrected chi connectivity index (χ2v) is 11.8. The first kappa shape index (κ1) is 22.6. The highest BCUT2D eigenvalue weighted by molar-refractivity contribution is 5.98. The molecule has 2 unspecified atom stereocenters. The van der Waals surface area contributed by atoms with Gasteiger partial charge in [-0.2, -0.15) is 5.10 Å². The van der Waals surface area contributed by atoms with Crippen molar-refractivity contribution in [3.05, 3.63) is 35.4 Å². The van der Waals surface area contributed by atoms with Crippen molar-refractivity contribution in [2.45, 2.75) is 51.4 Å². The van der Waals surface area contributed by atoms with Gasteiger partial charge in [-0.05, 0) is 68.9 Å². The van der Waals surface area contributed by atoms with Crippen LogP contribution >= 0.6 is 0 Å².